The molecule has 2 amide bonds. The van der Waals surface area contributed by atoms with Gasteiger partial charge in [-0.15, -0.1) is 0 Å². The maximum atomic E-state index is 12.8. The van der Waals surface area contributed by atoms with Crippen LogP contribution in [-0.2, 0) is 19.1 Å². The van der Waals surface area contributed by atoms with Crippen molar-refractivity contribution < 1.29 is 14.3 Å². The largest absolute Gasteiger partial charge is 0.489 e. The van der Waals surface area contributed by atoms with Crippen molar-refractivity contribution in [1.29, 1.82) is 0 Å². The molecule has 0 aliphatic carbocycles. The summed E-state index contributed by atoms with van der Waals surface area (Å²) in [6.45, 7) is 9.39. The van der Waals surface area contributed by atoms with E-state index in [-0.39, 0.29) is 17.2 Å². The van der Waals surface area contributed by atoms with Crippen LogP contribution < -0.4 is 15.4 Å². The van der Waals surface area contributed by atoms with Crippen LogP contribution in [0.1, 0.15) is 66.1 Å². The van der Waals surface area contributed by atoms with Gasteiger partial charge in [0.05, 0.1) is 11.9 Å². The predicted molar refractivity (Wildman–Crippen MR) is 130 cm³/mol. The monoisotopic (exact) mass is 448 g/mol. The van der Waals surface area contributed by atoms with Crippen molar-refractivity contribution >= 4 is 17.5 Å². The highest BCUT2D eigenvalue weighted by Crippen LogP contribution is 2.24. The third-order valence-electron chi connectivity index (χ3n) is 5.25. The number of aromatic nitrogens is 2. The van der Waals surface area contributed by atoms with Crippen molar-refractivity contribution in [3.8, 4) is 5.75 Å². The molecular formula is C26H32N4O3. The molecule has 0 saturated heterocycles. The molecule has 0 spiro atoms. The second kappa shape index (κ2) is 10.3. The standard InChI is InChI=1S/C26H32N4O3/c1-6-14-27-25(32)23-22(16-28-30(23)5)29-24(31)19-9-7-8-18(15-19)17-33-21-12-10-20(11-13-21)26(2,3)4/h7-13,15-16H,6,14,17H2,1-5H3,(H,27,32)(H,29,31). The summed E-state index contributed by atoms with van der Waals surface area (Å²) in [6.07, 6.45) is 2.30. The first kappa shape index (κ1) is 24.0. The van der Waals surface area contributed by atoms with Gasteiger partial charge in [-0.25, -0.2) is 0 Å². The molecule has 3 rings (SSSR count). The van der Waals surface area contributed by atoms with E-state index in [0.717, 1.165) is 17.7 Å². The van der Waals surface area contributed by atoms with Crippen molar-refractivity contribution in [2.24, 2.45) is 7.05 Å². The second-order valence-corrected chi connectivity index (χ2v) is 9.00. The minimum atomic E-state index is -0.316. The van der Waals surface area contributed by atoms with Gasteiger partial charge in [0.25, 0.3) is 11.8 Å². The first-order valence-electron chi connectivity index (χ1n) is 11.1. The van der Waals surface area contributed by atoms with E-state index in [4.69, 9.17) is 4.74 Å². The van der Waals surface area contributed by atoms with E-state index >= 15 is 0 Å². The molecule has 0 bridgehead atoms. The first-order valence-corrected chi connectivity index (χ1v) is 11.1. The average molecular weight is 449 g/mol. The van der Waals surface area contributed by atoms with Crippen LogP contribution >= 0.6 is 0 Å². The van der Waals surface area contributed by atoms with Crippen molar-refractivity contribution in [2.75, 3.05) is 11.9 Å². The molecule has 0 unspecified atom stereocenters. The van der Waals surface area contributed by atoms with Crippen LogP contribution in [0.4, 0.5) is 5.69 Å². The molecule has 2 aromatic carbocycles. The Kier molecular flexibility index (Phi) is 7.53. The van der Waals surface area contributed by atoms with E-state index in [1.165, 1.54) is 16.4 Å². The first-order chi connectivity index (χ1) is 15.7. The minimum Gasteiger partial charge on any atom is -0.489 e. The SMILES string of the molecule is CCCNC(=O)c1c(NC(=O)c2cccc(COc3ccc(C(C)(C)C)cc3)c2)cnn1C. The lowest BCUT2D eigenvalue weighted by molar-refractivity contribution is 0.0945. The molecule has 0 atom stereocenters. The molecule has 33 heavy (non-hydrogen) atoms. The van der Waals surface area contributed by atoms with E-state index in [1.807, 2.05) is 31.2 Å². The number of amides is 2. The summed E-state index contributed by atoms with van der Waals surface area (Å²) in [6, 6.07) is 15.3. The molecule has 7 nitrogen and oxygen atoms in total. The third-order valence-corrected chi connectivity index (χ3v) is 5.25. The van der Waals surface area contributed by atoms with Crippen LogP contribution in [0.2, 0.25) is 0 Å². The van der Waals surface area contributed by atoms with Gasteiger partial charge in [-0.1, -0.05) is 52.0 Å². The number of aryl methyl sites for hydroxylation is 1. The van der Waals surface area contributed by atoms with Gasteiger partial charge in [-0.2, -0.15) is 5.10 Å². The van der Waals surface area contributed by atoms with E-state index in [9.17, 15) is 9.59 Å². The molecule has 1 aromatic heterocycles. The van der Waals surface area contributed by atoms with Gasteiger partial charge in [0.15, 0.2) is 0 Å². The van der Waals surface area contributed by atoms with Crippen LogP contribution in [0.3, 0.4) is 0 Å². The highest BCUT2D eigenvalue weighted by atomic mass is 16.5. The fourth-order valence-corrected chi connectivity index (χ4v) is 3.34. The Labute approximate surface area is 195 Å². The number of rotatable bonds is 8. The fraction of sp³-hybridized carbons (Fsp3) is 0.346. The van der Waals surface area contributed by atoms with Crippen molar-refractivity contribution in [3.63, 3.8) is 0 Å². The molecule has 7 heteroatoms. The maximum absolute atomic E-state index is 12.8. The van der Waals surface area contributed by atoms with Crippen LogP contribution in [-0.4, -0.2) is 28.1 Å². The molecule has 0 aliphatic heterocycles. The van der Waals surface area contributed by atoms with Gasteiger partial charge in [0.1, 0.15) is 18.1 Å². The number of anilines is 1. The van der Waals surface area contributed by atoms with Crippen LogP contribution in [0.15, 0.2) is 54.7 Å². The quantitative estimate of drug-likeness (QED) is 0.524. The Morgan fingerprint density at radius 2 is 1.79 bits per heavy atom. The zero-order chi connectivity index (χ0) is 24.0. The topological polar surface area (TPSA) is 85.2 Å². The lowest BCUT2D eigenvalue weighted by Crippen LogP contribution is -2.27. The predicted octanol–water partition coefficient (Wildman–Crippen LogP) is 4.69. The van der Waals surface area contributed by atoms with Gasteiger partial charge < -0.3 is 15.4 Å². The van der Waals surface area contributed by atoms with E-state index in [1.54, 1.807) is 19.2 Å². The van der Waals surface area contributed by atoms with Gasteiger partial charge in [0, 0.05) is 19.2 Å². The molecule has 1 heterocycles. The normalized spacial score (nSPS) is 11.2. The zero-order valence-electron chi connectivity index (χ0n) is 19.9. The average Bonchev–Trinajstić information content (AvgIpc) is 3.15. The molecule has 174 valence electrons. The van der Waals surface area contributed by atoms with Crippen LogP contribution in [0.5, 0.6) is 5.75 Å². The molecule has 2 N–H and O–H groups in total. The molecule has 0 radical (unpaired) electrons. The number of hydrogen-bond donors (Lipinski definition) is 2. The number of ether oxygens (including phenoxy) is 1. The number of carbonyl (C=O) groups excluding carboxylic acids is 2. The Morgan fingerprint density at radius 3 is 2.45 bits per heavy atom. The summed E-state index contributed by atoms with van der Waals surface area (Å²) < 4.78 is 7.36. The second-order valence-electron chi connectivity index (χ2n) is 9.00. The molecule has 0 aliphatic rings. The Bertz CT molecular complexity index is 1110. The van der Waals surface area contributed by atoms with E-state index in [2.05, 4.69) is 48.6 Å². The summed E-state index contributed by atoms with van der Waals surface area (Å²) in [4.78, 5) is 25.3. The molecule has 3 aromatic rings. The number of benzene rings is 2. The van der Waals surface area contributed by atoms with E-state index < -0.39 is 0 Å². The van der Waals surface area contributed by atoms with Gasteiger partial charge in [-0.3, -0.25) is 14.3 Å². The highest BCUT2D eigenvalue weighted by molar-refractivity contribution is 6.08. The summed E-state index contributed by atoms with van der Waals surface area (Å²) >= 11 is 0. The summed E-state index contributed by atoms with van der Waals surface area (Å²) in [5.41, 5.74) is 3.36. The van der Waals surface area contributed by atoms with Crippen LogP contribution in [0, 0.1) is 0 Å². The Morgan fingerprint density at radius 1 is 1.06 bits per heavy atom. The molecule has 0 fully saturated rings. The van der Waals surface area contributed by atoms with E-state index in [0.29, 0.717) is 30.1 Å². The lowest BCUT2D eigenvalue weighted by Gasteiger charge is -2.19. The van der Waals surface area contributed by atoms with Gasteiger partial charge in [-0.05, 0) is 47.2 Å². The Balaban J connectivity index is 1.66. The lowest BCUT2D eigenvalue weighted by atomic mass is 9.87. The van der Waals surface area contributed by atoms with Crippen LogP contribution in [0.25, 0.3) is 0 Å². The van der Waals surface area contributed by atoms with Gasteiger partial charge >= 0.3 is 0 Å². The van der Waals surface area contributed by atoms with Crippen molar-refractivity contribution in [3.05, 3.63) is 77.1 Å². The van der Waals surface area contributed by atoms with Gasteiger partial charge in [0.2, 0.25) is 0 Å². The molecule has 0 saturated carbocycles. The number of carbonyl (C=O) groups is 2. The summed E-state index contributed by atoms with van der Waals surface area (Å²) in [5.74, 6) is 0.187. The number of nitrogens with zero attached hydrogens (tertiary/aromatic N) is 2. The number of hydrogen-bond acceptors (Lipinski definition) is 4. The summed E-state index contributed by atoms with van der Waals surface area (Å²) in [7, 11) is 1.67. The summed E-state index contributed by atoms with van der Waals surface area (Å²) in [5, 5.41) is 9.73. The molecular weight excluding hydrogens is 416 g/mol. The smallest absolute Gasteiger partial charge is 0.271 e. The fourth-order valence-electron chi connectivity index (χ4n) is 3.34. The third kappa shape index (κ3) is 6.22. The number of nitrogens with one attached hydrogen (secondary N) is 2. The zero-order valence-corrected chi connectivity index (χ0v) is 19.9. The van der Waals surface area contributed by atoms with Crippen molar-refractivity contribution in [2.45, 2.75) is 46.1 Å². The van der Waals surface area contributed by atoms with Crippen molar-refractivity contribution in [1.82, 2.24) is 15.1 Å². The highest BCUT2D eigenvalue weighted by Gasteiger charge is 2.19. The maximum Gasteiger partial charge on any atom is 0.271 e. The Hall–Kier alpha value is -3.61. The minimum absolute atomic E-state index is 0.0883.